The Hall–Kier alpha value is -3.30. The number of aliphatic carboxylic acids is 1. The van der Waals surface area contributed by atoms with Gasteiger partial charge in [-0.15, -0.1) is 6.42 Å². The minimum atomic E-state index is -4.03. The number of terminal acetylenes is 1. The van der Waals surface area contributed by atoms with Gasteiger partial charge in [0.1, 0.15) is 11.4 Å². The van der Waals surface area contributed by atoms with Gasteiger partial charge >= 0.3 is 5.97 Å². The van der Waals surface area contributed by atoms with Crippen LogP contribution < -0.4 is 0 Å². The van der Waals surface area contributed by atoms with Gasteiger partial charge in [0, 0.05) is 11.1 Å². The van der Waals surface area contributed by atoms with Crippen molar-refractivity contribution >= 4 is 14.0 Å². The molecular formula is C27H27FNO5P. The van der Waals surface area contributed by atoms with Crippen molar-refractivity contribution in [1.82, 2.24) is 4.98 Å². The second-order valence-corrected chi connectivity index (χ2v) is 10.2. The van der Waals surface area contributed by atoms with Crippen LogP contribution in [-0.4, -0.2) is 31.2 Å². The first-order valence-corrected chi connectivity index (χ1v) is 12.3. The number of benzene rings is 2. The second kappa shape index (κ2) is 9.75. The van der Waals surface area contributed by atoms with E-state index < -0.39 is 30.6 Å². The predicted molar refractivity (Wildman–Crippen MR) is 134 cm³/mol. The van der Waals surface area contributed by atoms with Crippen LogP contribution in [0.2, 0.25) is 0 Å². The van der Waals surface area contributed by atoms with Crippen LogP contribution in [0.15, 0.2) is 54.6 Å². The fourth-order valence-corrected chi connectivity index (χ4v) is 5.27. The van der Waals surface area contributed by atoms with Gasteiger partial charge in [0.2, 0.25) is 13.2 Å². The van der Waals surface area contributed by atoms with E-state index in [0.29, 0.717) is 28.1 Å². The molecule has 0 saturated heterocycles. The van der Waals surface area contributed by atoms with Crippen LogP contribution in [0.1, 0.15) is 43.5 Å². The number of hydrogen-bond acceptors (Lipinski definition) is 4. The zero-order valence-electron chi connectivity index (χ0n) is 19.8. The molecule has 0 aliphatic carbocycles. The van der Waals surface area contributed by atoms with Crippen LogP contribution in [-0.2, 0) is 15.0 Å². The number of carboxylic acids is 1. The molecule has 0 spiro atoms. The molecule has 0 saturated carbocycles. The monoisotopic (exact) mass is 495 g/mol. The van der Waals surface area contributed by atoms with Gasteiger partial charge in [-0.1, -0.05) is 62.2 Å². The zero-order chi connectivity index (χ0) is 26.1. The van der Waals surface area contributed by atoms with Crippen LogP contribution in [0.4, 0.5) is 4.39 Å². The first-order chi connectivity index (χ1) is 16.4. The van der Waals surface area contributed by atoms with Crippen LogP contribution in [0.5, 0.6) is 0 Å². The fraction of sp³-hybridized carbons (Fsp3) is 0.259. The molecule has 1 aromatic heterocycles. The van der Waals surface area contributed by atoms with E-state index in [0.717, 1.165) is 12.5 Å². The van der Waals surface area contributed by atoms with Crippen LogP contribution in [0.3, 0.4) is 0 Å². The van der Waals surface area contributed by atoms with E-state index in [-0.39, 0.29) is 11.5 Å². The van der Waals surface area contributed by atoms with Gasteiger partial charge in [-0.05, 0) is 48.6 Å². The first kappa shape index (κ1) is 26.3. The molecule has 1 heterocycles. The molecule has 0 aliphatic heterocycles. The molecule has 0 amide bonds. The lowest BCUT2D eigenvalue weighted by atomic mass is 9.74. The number of hydrogen-bond donors (Lipinski definition) is 3. The second-order valence-electron chi connectivity index (χ2n) is 8.83. The Morgan fingerprint density at radius 2 is 1.69 bits per heavy atom. The van der Waals surface area contributed by atoms with E-state index in [1.165, 1.54) is 24.3 Å². The number of aliphatic hydroxyl groups is 1. The van der Waals surface area contributed by atoms with E-state index in [2.05, 4.69) is 0 Å². The molecule has 8 heteroatoms. The number of rotatable bonds is 7. The van der Waals surface area contributed by atoms with Crippen molar-refractivity contribution in [3.05, 3.63) is 77.2 Å². The molecule has 3 N–H and O–H groups in total. The third-order valence-electron chi connectivity index (χ3n) is 6.27. The number of aromatic nitrogens is 1. The van der Waals surface area contributed by atoms with Gasteiger partial charge in [-0.2, -0.15) is 0 Å². The number of carbonyl (C=O) groups is 1. The minimum absolute atomic E-state index is 0.0176. The van der Waals surface area contributed by atoms with Gasteiger partial charge in [-0.25, -0.2) is 9.18 Å². The summed E-state index contributed by atoms with van der Waals surface area (Å²) in [6.07, 6.45) is 5.53. The van der Waals surface area contributed by atoms with E-state index in [1.54, 1.807) is 20.8 Å². The average molecular weight is 495 g/mol. The highest BCUT2D eigenvalue weighted by molar-refractivity contribution is 7.42. The summed E-state index contributed by atoms with van der Waals surface area (Å²) in [7, 11) is -4.03. The van der Waals surface area contributed by atoms with Crippen molar-refractivity contribution in [2.24, 2.45) is 0 Å². The molecule has 3 aromatic rings. The van der Waals surface area contributed by atoms with Gasteiger partial charge in [-0.3, -0.25) is 9.55 Å². The third-order valence-corrected chi connectivity index (χ3v) is 7.76. The van der Waals surface area contributed by atoms with Crippen LogP contribution in [0, 0.1) is 25.1 Å². The van der Waals surface area contributed by atoms with Crippen molar-refractivity contribution in [2.45, 2.75) is 44.4 Å². The van der Waals surface area contributed by atoms with Gasteiger partial charge in [0.25, 0.3) is 0 Å². The maximum Gasteiger partial charge on any atom is 0.335 e. The molecule has 6 nitrogen and oxygen atoms in total. The minimum Gasteiger partial charge on any atom is -0.480 e. The molecule has 35 heavy (non-hydrogen) atoms. The molecule has 0 radical (unpaired) electrons. The summed E-state index contributed by atoms with van der Waals surface area (Å²) in [6.45, 7) is 6.48. The van der Waals surface area contributed by atoms with E-state index in [1.807, 2.05) is 36.3 Å². The van der Waals surface area contributed by atoms with Gasteiger partial charge in [0.05, 0.1) is 11.4 Å². The van der Waals surface area contributed by atoms with E-state index >= 15 is 0 Å². The standard InChI is InChI=1S/C27H27FNO5P/c1-6-27(25(30)31,35(33)34)26(5,32)22-21(18-12-14-20(28)15-13-18)17(4)24(29-23(22)16(2)3)19-10-8-7-9-11-19/h1,7-16,32,35H,2-5H3,(H,30,31)(H,33,34). The maximum atomic E-state index is 13.8. The lowest BCUT2D eigenvalue weighted by Gasteiger charge is -2.39. The Morgan fingerprint density at radius 1 is 1.11 bits per heavy atom. The number of pyridine rings is 1. The highest BCUT2D eigenvalue weighted by atomic mass is 31.1. The average Bonchev–Trinajstić information content (AvgIpc) is 2.80. The fourth-order valence-electron chi connectivity index (χ4n) is 4.42. The molecule has 3 rings (SSSR count). The normalized spacial score (nSPS) is 15.6. The summed E-state index contributed by atoms with van der Waals surface area (Å²) < 4.78 is 26.3. The molecular weight excluding hydrogens is 468 g/mol. The Labute approximate surface area is 204 Å². The highest BCUT2D eigenvalue weighted by Gasteiger charge is 2.60. The highest BCUT2D eigenvalue weighted by Crippen LogP contribution is 2.53. The largest absolute Gasteiger partial charge is 0.480 e. The lowest BCUT2D eigenvalue weighted by molar-refractivity contribution is -0.145. The van der Waals surface area contributed by atoms with Crippen molar-refractivity contribution in [3.8, 4) is 34.7 Å². The molecule has 0 bridgehead atoms. The van der Waals surface area contributed by atoms with Crippen molar-refractivity contribution < 1.29 is 28.9 Å². The molecule has 0 aliphatic rings. The van der Waals surface area contributed by atoms with E-state index in [9.17, 15) is 28.9 Å². The Morgan fingerprint density at radius 3 is 2.14 bits per heavy atom. The van der Waals surface area contributed by atoms with Gasteiger partial charge < -0.3 is 15.1 Å². The number of halogens is 1. The maximum absolute atomic E-state index is 13.8. The predicted octanol–water partition coefficient (Wildman–Crippen LogP) is 5.12. The zero-order valence-corrected chi connectivity index (χ0v) is 20.8. The molecule has 3 unspecified atom stereocenters. The Kier molecular flexibility index (Phi) is 7.33. The van der Waals surface area contributed by atoms with Gasteiger partial charge in [0.15, 0.2) is 0 Å². The van der Waals surface area contributed by atoms with Crippen LogP contribution >= 0.6 is 8.03 Å². The van der Waals surface area contributed by atoms with Crippen molar-refractivity contribution in [1.29, 1.82) is 0 Å². The van der Waals surface area contributed by atoms with E-state index in [4.69, 9.17) is 11.4 Å². The third kappa shape index (κ3) is 4.30. The Bertz CT molecular complexity index is 1310. The number of carboxylic acid groups (broad SMARTS) is 1. The van der Waals surface area contributed by atoms with Crippen molar-refractivity contribution in [2.75, 3.05) is 0 Å². The van der Waals surface area contributed by atoms with Crippen LogP contribution in [0.25, 0.3) is 22.4 Å². The summed E-state index contributed by atoms with van der Waals surface area (Å²) in [5.74, 6) is -0.711. The summed E-state index contributed by atoms with van der Waals surface area (Å²) in [5.41, 5.74) is 0.564. The molecule has 2 aromatic carbocycles. The summed E-state index contributed by atoms with van der Waals surface area (Å²) >= 11 is 0. The molecule has 182 valence electrons. The summed E-state index contributed by atoms with van der Waals surface area (Å²) in [6, 6.07) is 14.7. The molecule has 3 atom stereocenters. The van der Waals surface area contributed by atoms with Crippen molar-refractivity contribution in [3.63, 3.8) is 0 Å². The number of nitrogens with zero attached hydrogens (tertiary/aromatic N) is 1. The smallest absolute Gasteiger partial charge is 0.335 e. The summed E-state index contributed by atoms with van der Waals surface area (Å²) in [5, 5.41) is 19.1. The Balaban J connectivity index is 2.59. The molecule has 0 fully saturated rings. The summed E-state index contributed by atoms with van der Waals surface area (Å²) in [4.78, 5) is 27.3. The SMILES string of the molecule is C#CC(C(=O)O)([PH](=O)O)C(C)(O)c1c(C(C)C)nc(-c2ccccc2)c(C)c1-c1ccc(F)cc1. The quantitative estimate of drug-likeness (QED) is 0.310. The first-order valence-electron chi connectivity index (χ1n) is 10.9. The topological polar surface area (TPSA) is 108 Å². The lowest BCUT2D eigenvalue weighted by Crippen LogP contribution is -2.53.